The van der Waals surface area contributed by atoms with Crippen LogP contribution >= 0.6 is 0 Å². The lowest BCUT2D eigenvalue weighted by atomic mass is 9.78. The number of benzene rings is 2. The average molecular weight is 268 g/mol. The number of hydrogen-bond acceptors (Lipinski definition) is 0. The largest absolute Gasteiger partial charge is 0.340 e. The smallest absolute Gasteiger partial charge is 0.102 e. The highest BCUT2D eigenvalue weighted by molar-refractivity contribution is 5.85. The summed E-state index contributed by atoms with van der Waals surface area (Å²) in [6.45, 7) is 5.97. The van der Waals surface area contributed by atoms with E-state index >= 15 is 0 Å². The number of rotatable bonds is 3. The Labute approximate surface area is 122 Å². The summed E-state index contributed by atoms with van der Waals surface area (Å²) >= 11 is 0. The zero-order valence-electron chi connectivity index (χ0n) is 12.7. The molecule has 0 amide bonds. The Kier molecular flexibility index (Phi) is 4.07. The summed E-state index contributed by atoms with van der Waals surface area (Å²) in [5.41, 5.74) is 1.48. The zero-order valence-corrected chi connectivity index (χ0v) is 12.7. The SMILES string of the molecule is C[C@@H]1[C@H](C)CCC[C@@H]1[NH2+]Cc1cccc2ccccc12. The minimum Gasteiger partial charge on any atom is -0.340 e. The van der Waals surface area contributed by atoms with E-state index in [1.54, 1.807) is 0 Å². The molecule has 0 saturated heterocycles. The third-order valence-electron chi connectivity index (χ3n) is 5.29. The fourth-order valence-electron chi connectivity index (χ4n) is 3.70. The topological polar surface area (TPSA) is 16.6 Å². The predicted molar refractivity (Wildman–Crippen MR) is 85.5 cm³/mol. The van der Waals surface area contributed by atoms with Gasteiger partial charge in [-0.05, 0) is 36.0 Å². The summed E-state index contributed by atoms with van der Waals surface area (Å²) in [6, 6.07) is 16.2. The molecule has 0 spiro atoms. The van der Waals surface area contributed by atoms with Gasteiger partial charge in [0.15, 0.2) is 0 Å². The molecule has 0 bridgehead atoms. The molecule has 1 fully saturated rings. The second-order valence-electron chi connectivity index (χ2n) is 6.51. The maximum Gasteiger partial charge on any atom is 0.102 e. The van der Waals surface area contributed by atoms with Gasteiger partial charge in [0.2, 0.25) is 0 Å². The minimum atomic E-state index is 0.803. The summed E-state index contributed by atoms with van der Waals surface area (Å²) < 4.78 is 0. The van der Waals surface area contributed by atoms with Crippen molar-refractivity contribution in [1.82, 2.24) is 0 Å². The summed E-state index contributed by atoms with van der Waals surface area (Å²) in [7, 11) is 0. The Morgan fingerprint density at radius 3 is 2.70 bits per heavy atom. The van der Waals surface area contributed by atoms with Crippen molar-refractivity contribution in [3.8, 4) is 0 Å². The van der Waals surface area contributed by atoms with E-state index in [4.69, 9.17) is 0 Å². The Morgan fingerprint density at radius 1 is 1.00 bits per heavy atom. The van der Waals surface area contributed by atoms with E-state index in [0.717, 1.165) is 24.4 Å². The Bertz CT molecular complexity index is 569. The molecule has 106 valence electrons. The molecule has 1 aliphatic carbocycles. The van der Waals surface area contributed by atoms with Crippen LogP contribution in [0, 0.1) is 11.8 Å². The van der Waals surface area contributed by atoms with Gasteiger partial charge in [-0.15, -0.1) is 0 Å². The summed E-state index contributed by atoms with van der Waals surface area (Å²) in [5, 5.41) is 5.37. The molecule has 1 heteroatoms. The van der Waals surface area contributed by atoms with Crippen molar-refractivity contribution in [2.75, 3.05) is 0 Å². The predicted octanol–water partition coefficient (Wildman–Crippen LogP) is 3.73. The molecular formula is C19H26N+. The van der Waals surface area contributed by atoms with Crippen LogP contribution in [-0.4, -0.2) is 6.04 Å². The van der Waals surface area contributed by atoms with Crippen molar-refractivity contribution in [3.05, 3.63) is 48.0 Å². The van der Waals surface area contributed by atoms with Crippen LogP contribution < -0.4 is 5.32 Å². The fourth-order valence-corrected chi connectivity index (χ4v) is 3.70. The molecule has 0 aromatic heterocycles. The number of fused-ring (bicyclic) bond motifs is 1. The molecule has 3 atom stereocenters. The second kappa shape index (κ2) is 5.97. The van der Waals surface area contributed by atoms with Crippen LogP contribution in [0.25, 0.3) is 10.8 Å². The lowest BCUT2D eigenvalue weighted by Gasteiger charge is -2.32. The highest BCUT2D eigenvalue weighted by atomic mass is 14.9. The van der Waals surface area contributed by atoms with Crippen LogP contribution in [0.4, 0.5) is 0 Å². The molecule has 0 heterocycles. The molecule has 0 aliphatic heterocycles. The van der Waals surface area contributed by atoms with E-state index in [0.29, 0.717) is 0 Å². The van der Waals surface area contributed by atoms with Gasteiger partial charge in [0, 0.05) is 11.5 Å². The van der Waals surface area contributed by atoms with Gasteiger partial charge in [-0.2, -0.15) is 0 Å². The maximum absolute atomic E-state index is 2.59. The van der Waals surface area contributed by atoms with Crippen molar-refractivity contribution >= 4 is 10.8 Å². The quantitative estimate of drug-likeness (QED) is 0.873. The Hall–Kier alpha value is -1.34. The summed E-state index contributed by atoms with van der Waals surface area (Å²) in [4.78, 5) is 0. The Balaban J connectivity index is 1.74. The van der Waals surface area contributed by atoms with Crippen LogP contribution in [0.3, 0.4) is 0 Å². The third kappa shape index (κ3) is 2.73. The second-order valence-corrected chi connectivity index (χ2v) is 6.51. The van der Waals surface area contributed by atoms with Gasteiger partial charge in [-0.3, -0.25) is 0 Å². The molecule has 20 heavy (non-hydrogen) atoms. The van der Waals surface area contributed by atoms with Crippen LogP contribution in [0.5, 0.6) is 0 Å². The lowest BCUT2D eigenvalue weighted by molar-refractivity contribution is -0.713. The normalized spacial score (nSPS) is 26.8. The first kappa shape index (κ1) is 13.6. The zero-order chi connectivity index (χ0) is 13.9. The van der Waals surface area contributed by atoms with E-state index in [1.807, 2.05) is 0 Å². The molecule has 1 aliphatic rings. The highest BCUT2D eigenvalue weighted by Crippen LogP contribution is 2.27. The van der Waals surface area contributed by atoms with Gasteiger partial charge in [-0.1, -0.05) is 56.3 Å². The first-order chi connectivity index (χ1) is 9.75. The van der Waals surface area contributed by atoms with Gasteiger partial charge in [0.25, 0.3) is 0 Å². The molecule has 2 aromatic rings. The van der Waals surface area contributed by atoms with Crippen LogP contribution in [0.2, 0.25) is 0 Å². The Morgan fingerprint density at radius 2 is 1.80 bits per heavy atom. The van der Waals surface area contributed by atoms with Gasteiger partial charge in [-0.25, -0.2) is 0 Å². The molecule has 2 aromatic carbocycles. The first-order valence-corrected chi connectivity index (χ1v) is 8.05. The first-order valence-electron chi connectivity index (χ1n) is 8.05. The van der Waals surface area contributed by atoms with E-state index in [1.165, 1.54) is 35.6 Å². The van der Waals surface area contributed by atoms with Crippen LogP contribution in [-0.2, 0) is 6.54 Å². The van der Waals surface area contributed by atoms with Crippen molar-refractivity contribution in [3.63, 3.8) is 0 Å². The van der Waals surface area contributed by atoms with Crippen molar-refractivity contribution in [2.24, 2.45) is 11.8 Å². The lowest BCUT2D eigenvalue weighted by Crippen LogP contribution is -2.90. The van der Waals surface area contributed by atoms with Gasteiger partial charge >= 0.3 is 0 Å². The summed E-state index contributed by atoms with van der Waals surface area (Å²) in [6.07, 6.45) is 4.21. The molecule has 2 N–H and O–H groups in total. The molecule has 3 rings (SSSR count). The number of nitrogens with two attached hydrogens (primary N) is 1. The minimum absolute atomic E-state index is 0.803. The van der Waals surface area contributed by atoms with Crippen LogP contribution in [0.15, 0.2) is 42.5 Å². The standard InChI is InChI=1S/C19H25N/c1-14-7-5-12-19(15(14)2)20-13-17-10-6-9-16-8-3-4-11-18(16)17/h3-4,6,8-11,14-15,19-20H,5,7,12-13H2,1-2H3/p+1/t14-,15-,19+/m1/s1. The highest BCUT2D eigenvalue weighted by Gasteiger charge is 2.29. The molecule has 0 radical (unpaired) electrons. The molecule has 1 nitrogen and oxygen atoms in total. The maximum atomic E-state index is 2.59. The van der Waals surface area contributed by atoms with E-state index < -0.39 is 0 Å². The molecular weight excluding hydrogens is 242 g/mol. The van der Waals surface area contributed by atoms with E-state index in [-0.39, 0.29) is 0 Å². The summed E-state index contributed by atoms with van der Waals surface area (Å²) in [5.74, 6) is 1.73. The third-order valence-corrected chi connectivity index (χ3v) is 5.29. The van der Waals surface area contributed by atoms with Gasteiger partial charge < -0.3 is 5.32 Å². The van der Waals surface area contributed by atoms with Crippen molar-refractivity contribution in [1.29, 1.82) is 0 Å². The van der Waals surface area contributed by atoms with Crippen molar-refractivity contribution in [2.45, 2.75) is 45.7 Å². The average Bonchev–Trinajstić information content (AvgIpc) is 2.49. The van der Waals surface area contributed by atoms with Crippen LogP contribution in [0.1, 0.15) is 38.7 Å². The molecule has 1 saturated carbocycles. The molecule has 0 unspecified atom stereocenters. The number of hydrogen-bond donors (Lipinski definition) is 1. The van der Waals surface area contributed by atoms with Gasteiger partial charge in [0.05, 0.1) is 6.04 Å². The monoisotopic (exact) mass is 268 g/mol. The fraction of sp³-hybridized carbons (Fsp3) is 0.474. The van der Waals surface area contributed by atoms with E-state index in [9.17, 15) is 0 Å². The van der Waals surface area contributed by atoms with E-state index in [2.05, 4.69) is 61.6 Å². The number of quaternary nitrogens is 1. The van der Waals surface area contributed by atoms with Crippen molar-refractivity contribution < 1.29 is 5.32 Å². The van der Waals surface area contributed by atoms with Gasteiger partial charge in [0.1, 0.15) is 6.54 Å².